The Bertz CT molecular complexity index is 632. The van der Waals surface area contributed by atoms with Gasteiger partial charge < -0.3 is 14.2 Å². The van der Waals surface area contributed by atoms with Gasteiger partial charge in [-0.15, -0.1) is 0 Å². The Morgan fingerprint density at radius 1 is 1.29 bits per heavy atom. The smallest absolute Gasteiger partial charge is 0.230 e. The molecule has 0 spiro atoms. The van der Waals surface area contributed by atoms with E-state index in [1.165, 1.54) is 0 Å². The number of aryl methyl sites for hydroxylation is 2. The summed E-state index contributed by atoms with van der Waals surface area (Å²) in [6.45, 7) is 7.00. The Balaban J connectivity index is 1.86. The largest absolute Gasteiger partial charge is 0.494 e. The van der Waals surface area contributed by atoms with Crippen molar-refractivity contribution >= 4 is 5.91 Å². The van der Waals surface area contributed by atoms with Crippen LogP contribution in [0.15, 0.2) is 34.9 Å². The first kappa shape index (κ1) is 18.0. The summed E-state index contributed by atoms with van der Waals surface area (Å²) in [5.74, 6) is 1.49. The molecule has 1 atom stereocenters. The van der Waals surface area contributed by atoms with Crippen molar-refractivity contribution in [3.05, 3.63) is 47.3 Å². The summed E-state index contributed by atoms with van der Waals surface area (Å²) in [5, 5.41) is 3.97. The Morgan fingerprint density at radius 3 is 2.58 bits per heavy atom. The minimum Gasteiger partial charge on any atom is -0.494 e. The number of nitrogens with zero attached hydrogens (tertiary/aromatic N) is 2. The van der Waals surface area contributed by atoms with Gasteiger partial charge >= 0.3 is 0 Å². The first-order valence-corrected chi connectivity index (χ1v) is 8.40. The van der Waals surface area contributed by atoms with E-state index in [0.717, 1.165) is 35.6 Å². The van der Waals surface area contributed by atoms with Gasteiger partial charge in [0.15, 0.2) is 0 Å². The van der Waals surface area contributed by atoms with Crippen molar-refractivity contribution in [1.29, 1.82) is 0 Å². The first-order chi connectivity index (χ1) is 11.5. The normalized spacial score (nSPS) is 12.0. The second-order valence-corrected chi connectivity index (χ2v) is 5.97. The van der Waals surface area contributed by atoms with Gasteiger partial charge in [-0.25, -0.2) is 0 Å². The average Bonchev–Trinajstić information content (AvgIpc) is 2.92. The molecular weight excluding hydrogens is 304 g/mol. The molecule has 2 aromatic rings. The molecule has 1 aromatic carbocycles. The summed E-state index contributed by atoms with van der Waals surface area (Å²) < 4.78 is 10.9. The SMILES string of the molecule is CC[C@@H](C(=O)N(C)CCCOc1ccccc1)c1c(C)noc1C. The fraction of sp³-hybridized carbons (Fsp3) is 0.474. The minimum absolute atomic E-state index is 0.103. The number of ether oxygens (including phenoxy) is 1. The molecule has 0 aliphatic heterocycles. The first-order valence-electron chi connectivity index (χ1n) is 8.40. The van der Waals surface area contributed by atoms with E-state index >= 15 is 0 Å². The van der Waals surface area contributed by atoms with Crippen LogP contribution in [0.3, 0.4) is 0 Å². The number of carbonyl (C=O) groups is 1. The molecule has 130 valence electrons. The Kier molecular flexibility index (Phi) is 6.41. The maximum absolute atomic E-state index is 12.8. The molecule has 0 aliphatic rings. The second kappa shape index (κ2) is 8.52. The van der Waals surface area contributed by atoms with Crippen molar-refractivity contribution in [2.24, 2.45) is 0 Å². The predicted octanol–water partition coefficient (Wildman–Crippen LogP) is 3.71. The fourth-order valence-corrected chi connectivity index (χ4v) is 2.87. The van der Waals surface area contributed by atoms with Gasteiger partial charge in [0.1, 0.15) is 11.5 Å². The van der Waals surface area contributed by atoms with Crippen molar-refractivity contribution in [2.45, 2.75) is 39.5 Å². The van der Waals surface area contributed by atoms with Gasteiger partial charge in [0.2, 0.25) is 5.91 Å². The zero-order valence-electron chi connectivity index (χ0n) is 14.9. The number of hydrogen-bond donors (Lipinski definition) is 0. The third-order valence-electron chi connectivity index (χ3n) is 4.17. The summed E-state index contributed by atoms with van der Waals surface area (Å²) in [6, 6.07) is 9.71. The van der Waals surface area contributed by atoms with Crippen LogP contribution < -0.4 is 4.74 Å². The molecule has 1 amide bonds. The van der Waals surface area contributed by atoms with E-state index in [4.69, 9.17) is 9.26 Å². The highest BCUT2D eigenvalue weighted by Crippen LogP contribution is 2.27. The monoisotopic (exact) mass is 330 g/mol. The van der Waals surface area contributed by atoms with E-state index < -0.39 is 0 Å². The standard InChI is InChI=1S/C19H26N2O3/c1-5-17(18-14(2)20-24-15(18)3)19(22)21(4)12-9-13-23-16-10-7-6-8-11-16/h6-8,10-11,17H,5,9,12-13H2,1-4H3/t17-/m1/s1. The van der Waals surface area contributed by atoms with E-state index in [0.29, 0.717) is 13.2 Å². The molecule has 5 heteroatoms. The van der Waals surface area contributed by atoms with Crippen LogP contribution in [0, 0.1) is 13.8 Å². The van der Waals surface area contributed by atoms with Crippen molar-refractivity contribution in [3.63, 3.8) is 0 Å². The molecule has 2 rings (SSSR count). The van der Waals surface area contributed by atoms with Gasteiger partial charge in [0.25, 0.3) is 0 Å². The number of para-hydroxylation sites is 1. The summed E-state index contributed by atoms with van der Waals surface area (Å²) >= 11 is 0. The quantitative estimate of drug-likeness (QED) is 0.692. The van der Waals surface area contributed by atoms with E-state index in [-0.39, 0.29) is 11.8 Å². The van der Waals surface area contributed by atoms with Crippen LogP contribution in [0.1, 0.15) is 42.7 Å². The van der Waals surface area contributed by atoms with E-state index in [2.05, 4.69) is 5.16 Å². The molecular formula is C19H26N2O3. The molecule has 0 aliphatic carbocycles. The molecule has 1 heterocycles. The number of likely N-dealkylation sites (N-methyl/N-ethyl adjacent to an activating group) is 1. The molecule has 0 saturated carbocycles. The van der Waals surface area contributed by atoms with Crippen LogP contribution in [0.2, 0.25) is 0 Å². The molecule has 0 unspecified atom stereocenters. The molecule has 24 heavy (non-hydrogen) atoms. The van der Waals surface area contributed by atoms with E-state index in [1.807, 2.05) is 58.2 Å². The zero-order valence-corrected chi connectivity index (χ0v) is 14.9. The number of benzene rings is 1. The highest BCUT2D eigenvalue weighted by atomic mass is 16.5. The predicted molar refractivity (Wildman–Crippen MR) is 93.2 cm³/mol. The van der Waals surface area contributed by atoms with Crippen LogP contribution in [-0.4, -0.2) is 36.2 Å². The number of amides is 1. The maximum Gasteiger partial charge on any atom is 0.230 e. The fourth-order valence-electron chi connectivity index (χ4n) is 2.87. The number of rotatable bonds is 8. The van der Waals surface area contributed by atoms with E-state index in [1.54, 1.807) is 4.90 Å². The van der Waals surface area contributed by atoms with Crippen molar-refractivity contribution in [3.8, 4) is 5.75 Å². The van der Waals surface area contributed by atoms with Crippen LogP contribution in [0.5, 0.6) is 5.75 Å². The maximum atomic E-state index is 12.8. The van der Waals surface area contributed by atoms with Gasteiger partial charge in [-0.1, -0.05) is 30.3 Å². The summed E-state index contributed by atoms with van der Waals surface area (Å²) in [7, 11) is 1.84. The molecule has 0 N–H and O–H groups in total. The van der Waals surface area contributed by atoms with Crippen molar-refractivity contribution in [2.75, 3.05) is 20.2 Å². The lowest BCUT2D eigenvalue weighted by atomic mass is 9.93. The zero-order chi connectivity index (χ0) is 17.5. The number of carbonyl (C=O) groups excluding carboxylic acids is 1. The van der Waals surface area contributed by atoms with Crippen molar-refractivity contribution < 1.29 is 14.1 Å². The van der Waals surface area contributed by atoms with Crippen LogP contribution in [-0.2, 0) is 4.79 Å². The van der Waals surface area contributed by atoms with Crippen molar-refractivity contribution in [1.82, 2.24) is 10.1 Å². The molecule has 5 nitrogen and oxygen atoms in total. The van der Waals surface area contributed by atoms with Gasteiger partial charge in [0, 0.05) is 19.2 Å². The Hall–Kier alpha value is -2.30. The Morgan fingerprint density at radius 2 is 2.00 bits per heavy atom. The van der Waals surface area contributed by atoms with Gasteiger partial charge in [0.05, 0.1) is 18.2 Å². The second-order valence-electron chi connectivity index (χ2n) is 5.97. The van der Waals surface area contributed by atoms with Crippen LogP contribution in [0.25, 0.3) is 0 Å². The van der Waals surface area contributed by atoms with E-state index in [9.17, 15) is 4.79 Å². The third kappa shape index (κ3) is 4.37. The minimum atomic E-state index is -0.198. The lowest BCUT2D eigenvalue weighted by molar-refractivity contribution is -0.131. The third-order valence-corrected chi connectivity index (χ3v) is 4.17. The van der Waals surface area contributed by atoms with Gasteiger partial charge in [-0.05, 0) is 38.8 Å². The topological polar surface area (TPSA) is 55.6 Å². The summed E-state index contributed by atoms with van der Waals surface area (Å²) in [4.78, 5) is 14.5. The lowest BCUT2D eigenvalue weighted by Gasteiger charge is -2.23. The van der Waals surface area contributed by atoms with Crippen LogP contribution >= 0.6 is 0 Å². The highest BCUT2D eigenvalue weighted by molar-refractivity contribution is 5.84. The average molecular weight is 330 g/mol. The number of hydrogen-bond acceptors (Lipinski definition) is 4. The summed E-state index contributed by atoms with van der Waals surface area (Å²) in [6.07, 6.45) is 1.52. The molecule has 0 bridgehead atoms. The lowest BCUT2D eigenvalue weighted by Crippen LogP contribution is -2.33. The Labute approximate surface area is 143 Å². The molecule has 0 radical (unpaired) electrons. The van der Waals surface area contributed by atoms with Gasteiger partial charge in [-0.3, -0.25) is 4.79 Å². The molecule has 0 fully saturated rings. The molecule has 1 aromatic heterocycles. The summed E-state index contributed by atoms with van der Waals surface area (Å²) in [5.41, 5.74) is 1.73. The highest BCUT2D eigenvalue weighted by Gasteiger charge is 2.27. The van der Waals surface area contributed by atoms with Gasteiger partial charge in [-0.2, -0.15) is 0 Å². The number of aromatic nitrogens is 1. The molecule has 0 saturated heterocycles. The van der Waals surface area contributed by atoms with Crippen LogP contribution in [0.4, 0.5) is 0 Å².